The number of aromatic hydroxyl groups is 1. The van der Waals surface area contributed by atoms with Crippen LogP contribution in [0.5, 0.6) is 5.75 Å². The second-order valence-corrected chi connectivity index (χ2v) is 5.88. The van der Waals surface area contributed by atoms with Crippen LogP contribution in [0, 0.1) is 0 Å². The van der Waals surface area contributed by atoms with Crippen molar-refractivity contribution >= 4 is 40.1 Å². The molecule has 0 heterocycles. The first-order valence-electron chi connectivity index (χ1n) is 6.70. The van der Waals surface area contributed by atoms with E-state index in [2.05, 4.69) is 10.6 Å². The molecule has 0 aromatic heterocycles. The SMILES string of the molecule is CCc1ccccc1NC(=O)Nc1ccc(Cl)c(S(=O)[O-])c1O. The van der Waals surface area contributed by atoms with E-state index in [9.17, 15) is 18.7 Å². The lowest BCUT2D eigenvalue weighted by molar-refractivity contribution is 0.262. The van der Waals surface area contributed by atoms with Crippen LogP contribution in [0.2, 0.25) is 5.02 Å². The molecule has 6 nitrogen and oxygen atoms in total. The predicted octanol–water partition coefficient (Wildman–Crippen LogP) is 3.49. The van der Waals surface area contributed by atoms with E-state index in [0.29, 0.717) is 5.69 Å². The standard InChI is InChI=1S/C15H15ClN2O4S/c1-2-9-5-3-4-6-11(9)17-15(20)18-12-8-7-10(16)14(13(12)19)23(21)22/h3-8,19H,2H2,1H3,(H,21,22)(H2,17,18,20)/p-1. The number of halogens is 1. The normalized spacial score (nSPS) is 11.8. The third-order valence-corrected chi connectivity index (χ3v) is 4.32. The van der Waals surface area contributed by atoms with Crippen molar-refractivity contribution in [3.8, 4) is 5.75 Å². The molecule has 0 saturated heterocycles. The fourth-order valence-electron chi connectivity index (χ4n) is 2.03. The molecule has 0 bridgehead atoms. The van der Waals surface area contributed by atoms with Crippen LogP contribution in [0.1, 0.15) is 12.5 Å². The van der Waals surface area contributed by atoms with Crippen molar-refractivity contribution in [2.24, 2.45) is 0 Å². The van der Waals surface area contributed by atoms with E-state index in [4.69, 9.17) is 11.6 Å². The molecule has 1 unspecified atom stereocenters. The van der Waals surface area contributed by atoms with Crippen LogP contribution in [-0.4, -0.2) is 19.9 Å². The number of para-hydroxylation sites is 1. The maximum atomic E-state index is 12.0. The molecule has 0 aliphatic carbocycles. The van der Waals surface area contributed by atoms with Crippen LogP contribution in [0.3, 0.4) is 0 Å². The van der Waals surface area contributed by atoms with Gasteiger partial charge in [-0.05, 0) is 41.3 Å². The maximum absolute atomic E-state index is 12.0. The summed E-state index contributed by atoms with van der Waals surface area (Å²) in [6.07, 6.45) is 0.738. The molecule has 0 aliphatic rings. The summed E-state index contributed by atoms with van der Waals surface area (Å²) in [4.78, 5) is 11.6. The minimum absolute atomic E-state index is 0.0555. The molecular weight excluding hydrogens is 340 g/mol. The topological polar surface area (TPSA) is 101 Å². The van der Waals surface area contributed by atoms with Gasteiger partial charge in [0.05, 0.1) is 15.6 Å². The van der Waals surface area contributed by atoms with Crippen molar-refractivity contribution in [1.82, 2.24) is 0 Å². The lowest BCUT2D eigenvalue weighted by Crippen LogP contribution is -2.20. The van der Waals surface area contributed by atoms with E-state index in [1.54, 1.807) is 12.1 Å². The lowest BCUT2D eigenvalue weighted by Gasteiger charge is -2.15. The van der Waals surface area contributed by atoms with Gasteiger partial charge in [0.15, 0.2) is 5.75 Å². The van der Waals surface area contributed by atoms with Gasteiger partial charge in [-0.3, -0.25) is 4.21 Å². The first-order valence-corrected chi connectivity index (χ1v) is 8.16. The Hall–Kier alpha value is -2.09. The highest BCUT2D eigenvalue weighted by Crippen LogP contribution is 2.35. The van der Waals surface area contributed by atoms with E-state index in [1.165, 1.54) is 12.1 Å². The molecule has 23 heavy (non-hydrogen) atoms. The molecule has 2 aromatic carbocycles. The molecular formula is C15H14ClN2O4S-. The van der Waals surface area contributed by atoms with E-state index < -0.39 is 27.8 Å². The van der Waals surface area contributed by atoms with Gasteiger partial charge in [0.1, 0.15) is 0 Å². The zero-order valence-corrected chi connectivity index (χ0v) is 13.7. The number of hydrogen-bond donors (Lipinski definition) is 3. The van der Waals surface area contributed by atoms with Crippen molar-refractivity contribution in [1.29, 1.82) is 0 Å². The van der Waals surface area contributed by atoms with Crippen molar-refractivity contribution in [3.63, 3.8) is 0 Å². The van der Waals surface area contributed by atoms with Crippen LogP contribution in [0.25, 0.3) is 0 Å². The Morgan fingerprint density at radius 2 is 1.87 bits per heavy atom. The third-order valence-electron chi connectivity index (χ3n) is 3.14. The summed E-state index contributed by atoms with van der Waals surface area (Å²) < 4.78 is 22.2. The summed E-state index contributed by atoms with van der Waals surface area (Å²) in [7, 11) is 0. The molecule has 1 atom stereocenters. The van der Waals surface area contributed by atoms with Gasteiger partial charge in [-0.2, -0.15) is 0 Å². The molecule has 0 fully saturated rings. The van der Waals surface area contributed by atoms with Crippen molar-refractivity contribution in [3.05, 3.63) is 47.0 Å². The number of urea groups is 1. The Bertz CT molecular complexity index is 767. The zero-order valence-electron chi connectivity index (χ0n) is 12.1. The Balaban J connectivity index is 2.21. The second-order valence-electron chi connectivity index (χ2n) is 4.60. The summed E-state index contributed by atoms with van der Waals surface area (Å²) in [5.74, 6) is -0.607. The van der Waals surface area contributed by atoms with Crippen LogP contribution in [0.15, 0.2) is 41.3 Å². The number of benzene rings is 2. The fourth-order valence-corrected chi connectivity index (χ4v) is 2.87. The third kappa shape index (κ3) is 4.01. The molecule has 0 aliphatic heterocycles. The van der Waals surface area contributed by atoms with Crippen LogP contribution in [0.4, 0.5) is 16.2 Å². The van der Waals surface area contributed by atoms with Gasteiger partial charge < -0.3 is 20.3 Å². The minimum atomic E-state index is -2.72. The molecule has 0 spiro atoms. The number of hydrogen-bond acceptors (Lipinski definition) is 4. The number of amides is 2. The monoisotopic (exact) mass is 353 g/mol. The first kappa shape index (κ1) is 17.3. The molecule has 8 heteroatoms. The highest BCUT2D eigenvalue weighted by atomic mass is 35.5. The summed E-state index contributed by atoms with van der Waals surface area (Å²) in [5, 5.41) is 14.9. The number of nitrogens with one attached hydrogen (secondary N) is 2. The average Bonchev–Trinajstić information content (AvgIpc) is 2.50. The van der Waals surface area contributed by atoms with E-state index in [-0.39, 0.29) is 10.7 Å². The molecule has 2 aromatic rings. The summed E-state index contributed by atoms with van der Waals surface area (Å²) in [5.41, 5.74) is 1.53. The average molecular weight is 354 g/mol. The highest BCUT2D eigenvalue weighted by molar-refractivity contribution is 7.79. The Morgan fingerprint density at radius 1 is 1.22 bits per heavy atom. The summed E-state index contributed by atoms with van der Waals surface area (Å²) >= 11 is 3.00. The molecule has 3 N–H and O–H groups in total. The molecule has 122 valence electrons. The zero-order chi connectivity index (χ0) is 17.0. The largest absolute Gasteiger partial charge is 0.768 e. The van der Waals surface area contributed by atoms with Gasteiger partial charge in [0.2, 0.25) is 0 Å². The van der Waals surface area contributed by atoms with Crippen molar-refractivity contribution in [2.45, 2.75) is 18.2 Å². The Kier molecular flexibility index (Phi) is 5.59. The van der Waals surface area contributed by atoms with Gasteiger partial charge in [-0.25, -0.2) is 4.79 Å². The quantitative estimate of drug-likeness (QED) is 0.578. The van der Waals surface area contributed by atoms with Gasteiger partial charge in [-0.15, -0.1) is 0 Å². The molecule has 0 saturated carbocycles. The summed E-state index contributed by atoms with van der Waals surface area (Å²) in [6, 6.07) is 9.27. The number of rotatable bonds is 4. The second kappa shape index (κ2) is 7.45. The molecule has 0 radical (unpaired) electrons. The number of aryl methyl sites for hydroxylation is 1. The maximum Gasteiger partial charge on any atom is 0.323 e. The van der Waals surface area contributed by atoms with Crippen LogP contribution < -0.4 is 10.6 Å². The van der Waals surface area contributed by atoms with Gasteiger partial charge in [0.25, 0.3) is 0 Å². The Labute approximate surface area is 140 Å². The number of carbonyl (C=O) groups is 1. The molecule has 2 amide bonds. The first-order chi connectivity index (χ1) is 10.9. The van der Waals surface area contributed by atoms with E-state index in [1.807, 2.05) is 19.1 Å². The van der Waals surface area contributed by atoms with Gasteiger partial charge in [0, 0.05) is 5.69 Å². The van der Waals surface area contributed by atoms with Crippen LogP contribution >= 0.6 is 11.6 Å². The lowest BCUT2D eigenvalue weighted by atomic mass is 10.1. The van der Waals surface area contributed by atoms with E-state index >= 15 is 0 Å². The number of carbonyl (C=O) groups excluding carboxylic acids is 1. The van der Waals surface area contributed by atoms with Gasteiger partial charge in [-0.1, -0.05) is 36.7 Å². The smallest absolute Gasteiger partial charge is 0.323 e. The highest BCUT2D eigenvalue weighted by Gasteiger charge is 2.15. The minimum Gasteiger partial charge on any atom is -0.768 e. The van der Waals surface area contributed by atoms with E-state index in [0.717, 1.165) is 12.0 Å². The fraction of sp³-hybridized carbons (Fsp3) is 0.133. The molecule has 2 rings (SSSR count). The predicted molar refractivity (Wildman–Crippen MR) is 88.8 cm³/mol. The number of phenolic OH excluding ortho intramolecular Hbond substituents is 1. The number of phenols is 1. The van der Waals surface area contributed by atoms with Crippen molar-refractivity contribution < 1.29 is 18.7 Å². The Morgan fingerprint density at radius 3 is 2.52 bits per heavy atom. The van der Waals surface area contributed by atoms with Crippen molar-refractivity contribution in [2.75, 3.05) is 10.6 Å². The summed E-state index contributed by atoms with van der Waals surface area (Å²) in [6.45, 7) is 1.96. The van der Waals surface area contributed by atoms with Crippen LogP contribution in [-0.2, 0) is 17.5 Å². The van der Waals surface area contributed by atoms with Gasteiger partial charge >= 0.3 is 6.03 Å². The number of anilines is 2.